The maximum atomic E-state index is 12.6. The fourth-order valence-corrected chi connectivity index (χ4v) is 1.97. The molecule has 0 aromatic carbocycles. The van der Waals surface area contributed by atoms with Gasteiger partial charge in [0.2, 0.25) is 5.82 Å². The molecule has 100 valence electrons. The highest BCUT2D eigenvalue weighted by atomic mass is 32.2. The molecule has 2 aromatic heterocycles. The molecule has 0 aliphatic carbocycles. The van der Waals surface area contributed by atoms with Crippen molar-refractivity contribution in [1.82, 2.24) is 15.0 Å². The van der Waals surface area contributed by atoms with Crippen LogP contribution < -0.4 is 11.3 Å². The number of nitrogens with two attached hydrogens (primary N) is 1. The Morgan fingerprint density at radius 3 is 2.53 bits per heavy atom. The first-order chi connectivity index (χ1) is 8.99. The number of halogens is 3. The summed E-state index contributed by atoms with van der Waals surface area (Å²) >= 11 is 0.990. The highest BCUT2D eigenvalue weighted by molar-refractivity contribution is 7.99. The predicted octanol–water partition coefficient (Wildman–Crippen LogP) is 2.33. The zero-order chi connectivity index (χ0) is 13.9. The quantitative estimate of drug-likeness (QED) is 0.512. The van der Waals surface area contributed by atoms with Crippen LogP contribution in [-0.4, -0.2) is 15.0 Å². The summed E-state index contributed by atoms with van der Waals surface area (Å²) in [5.74, 6) is 3.73. The molecule has 0 unspecified atom stereocenters. The highest BCUT2D eigenvalue weighted by Gasteiger charge is 2.35. The lowest BCUT2D eigenvalue weighted by atomic mass is 10.5. The Hall–Kier alpha value is -1.87. The number of hydrogen-bond acceptors (Lipinski definition) is 6. The minimum Gasteiger partial charge on any atom is -0.308 e. The van der Waals surface area contributed by atoms with Crippen molar-refractivity contribution >= 4 is 17.6 Å². The van der Waals surface area contributed by atoms with Gasteiger partial charge in [0.25, 0.3) is 0 Å². The van der Waals surface area contributed by atoms with Crippen molar-refractivity contribution in [3.63, 3.8) is 0 Å². The van der Waals surface area contributed by atoms with Gasteiger partial charge in [0.1, 0.15) is 15.9 Å². The highest BCUT2D eigenvalue weighted by Crippen LogP contribution is 2.31. The van der Waals surface area contributed by atoms with Crippen LogP contribution in [0.4, 0.5) is 19.0 Å². The van der Waals surface area contributed by atoms with E-state index in [9.17, 15) is 13.2 Å². The Morgan fingerprint density at radius 2 is 1.95 bits per heavy atom. The molecule has 19 heavy (non-hydrogen) atoms. The van der Waals surface area contributed by atoms with E-state index in [1.807, 2.05) is 0 Å². The fraction of sp³-hybridized carbons (Fsp3) is 0.100. The molecule has 9 heteroatoms. The fourth-order valence-electron chi connectivity index (χ4n) is 1.19. The lowest BCUT2D eigenvalue weighted by molar-refractivity contribution is -0.145. The second kappa shape index (κ2) is 5.41. The zero-order valence-corrected chi connectivity index (χ0v) is 10.2. The number of hydrogen-bond donors (Lipinski definition) is 2. The maximum Gasteiger partial charge on any atom is 0.451 e. The standard InChI is InChI=1S/C10H8F3N5S/c11-10(12,13)9-16-6(18-14)5-8(17-9)19-7-3-1-2-4-15-7/h1-5H,14H2,(H,16,17,18). The van der Waals surface area contributed by atoms with E-state index < -0.39 is 12.0 Å². The van der Waals surface area contributed by atoms with Gasteiger partial charge in [0, 0.05) is 12.3 Å². The van der Waals surface area contributed by atoms with Gasteiger partial charge in [-0.2, -0.15) is 13.2 Å². The first kappa shape index (κ1) is 13.6. The second-order valence-corrected chi connectivity index (χ2v) is 4.37. The molecule has 2 rings (SSSR count). The minimum atomic E-state index is -4.63. The van der Waals surface area contributed by atoms with Gasteiger partial charge in [-0.15, -0.1) is 0 Å². The van der Waals surface area contributed by atoms with Gasteiger partial charge in [0.15, 0.2) is 0 Å². The molecule has 0 spiro atoms. The summed E-state index contributed by atoms with van der Waals surface area (Å²) in [6.45, 7) is 0. The molecule has 0 saturated heterocycles. The number of aromatic nitrogens is 3. The molecule has 5 nitrogen and oxygen atoms in total. The Labute approximate surface area is 110 Å². The van der Waals surface area contributed by atoms with Crippen LogP contribution in [0.2, 0.25) is 0 Å². The number of pyridine rings is 1. The van der Waals surface area contributed by atoms with E-state index in [-0.39, 0.29) is 10.8 Å². The van der Waals surface area contributed by atoms with Gasteiger partial charge in [-0.1, -0.05) is 6.07 Å². The van der Waals surface area contributed by atoms with Gasteiger partial charge in [-0.05, 0) is 23.9 Å². The molecule has 0 fully saturated rings. The first-order valence-electron chi connectivity index (χ1n) is 5.01. The molecule has 0 amide bonds. The van der Waals surface area contributed by atoms with E-state index in [1.54, 1.807) is 18.2 Å². The van der Waals surface area contributed by atoms with Crippen molar-refractivity contribution < 1.29 is 13.2 Å². The number of nitrogens with one attached hydrogen (secondary N) is 1. The number of nitrogens with zero attached hydrogens (tertiary/aromatic N) is 3. The van der Waals surface area contributed by atoms with Crippen LogP contribution in [0.5, 0.6) is 0 Å². The van der Waals surface area contributed by atoms with Crippen molar-refractivity contribution in [3.05, 3.63) is 36.3 Å². The number of hydrazine groups is 1. The average Bonchev–Trinajstić information content (AvgIpc) is 2.38. The zero-order valence-electron chi connectivity index (χ0n) is 9.35. The topological polar surface area (TPSA) is 76.7 Å². The lowest BCUT2D eigenvalue weighted by Crippen LogP contribution is -2.16. The van der Waals surface area contributed by atoms with Crippen LogP contribution in [0, 0.1) is 0 Å². The molecule has 0 aliphatic heterocycles. The van der Waals surface area contributed by atoms with E-state index in [1.165, 1.54) is 12.3 Å². The van der Waals surface area contributed by atoms with Crippen molar-refractivity contribution in [2.45, 2.75) is 16.2 Å². The summed E-state index contributed by atoms with van der Waals surface area (Å²) in [7, 11) is 0. The van der Waals surface area contributed by atoms with Crippen LogP contribution in [0.3, 0.4) is 0 Å². The summed E-state index contributed by atoms with van der Waals surface area (Å²) in [5.41, 5.74) is 2.08. The average molecular weight is 287 g/mol. The number of alkyl halides is 3. The Bertz CT molecular complexity index is 561. The van der Waals surface area contributed by atoms with E-state index in [0.717, 1.165) is 11.8 Å². The van der Waals surface area contributed by atoms with Crippen LogP contribution in [-0.2, 0) is 6.18 Å². The molecule has 0 atom stereocenters. The molecule has 3 N–H and O–H groups in total. The maximum absolute atomic E-state index is 12.6. The van der Waals surface area contributed by atoms with Crippen molar-refractivity contribution in [1.29, 1.82) is 0 Å². The normalized spacial score (nSPS) is 11.4. The third kappa shape index (κ3) is 3.55. The number of nitrogen functional groups attached to an aromatic ring is 1. The van der Waals surface area contributed by atoms with Gasteiger partial charge >= 0.3 is 6.18 Å². The smallest absolute Gasteiger partial charge is 0.308 e. The molecular weight excluding hydrogens is 279 g/mol. The molecule has 0 bridgehead atoms. The van der Waals surface area contributed by atoms with E-state index >= 15 is 0 Å². The summed E-state index contributed by atoms with van der Waals surface area (Å²) in [6.07, 6.45) is -3.09. The largest absolute Gasteiger partial charge is 0.451 e. The predicted molar refractivity (Wildman–Crippen MR) is 63.2 cm³/mol. The Balaban J connectivity index is 2.35. The third-order valence-corrected chi connectivity index (χ3v) is 2.82. The van der Waals surface area contributed by atoms with Gasteiger partial charge < -0.3 is 5.43 Å². The summed E-state index contributed by atoms with van der Waals surface area (Å²) in [6, 6.07) is 6.41. The number of anilines is 1. The first-order valence-corrected chi connectivity index (χ1v) is 5.82. The van der Waals surface area contributed by atoms with Crippen LogP contribution in [0.1, 0.15) is 5.82 Å². The van der Waals surface area contributed by atoms with Crippen LogP contribution in [0.25, 0.3) is 0 Å². The molecule has 2 heterocycles. The molecule has 0 saturated carbocycles. The van der Waals surface area contributed by atoms with Crippen molar-refractivity contribution in [2.75, 3.05) is 5.43 Å². The minimum absolute atomic E-state index is 0.106. The number of rotatable bonds is 3. The van der Waals surface area contributed by atoms with Gasteiger partial charge in [0.05, 0.1) is 0 Å². The third-order valence-electron chi connectivity index (χ3n) is 1.95. The van der Waals surface area contributed by atoms with Crippen LogP contribution in [0.15, 0.2) is 40.5 Å². The van der Waals surface area contributed by atoms with E-state index in [2.05, 4.69) is 20.4 Å². The van der Waals surface area contributed by atoms with Gasteiger partial charge in [-0.3, -0.25) is 0 Å². The summed E-state index contributed by atoms with van der Waals surface area (Å²) < 4.78 is 37.8. The molecule has 0 aliphatic rings. The van der Waals surface area contributed by atoms with Gasteiger partial charge in [-0.25, -0.2) is 20.8 Å². The molecular formula is C10H8F3N5S. The van der Waals surface area contributed by atoms with E-state index in [4.69, 9.17) is 5.84 Å². The SMILES string of the molecule is NNc1cc(Sc2ccccn2)nc(C(F)(F)F)n1. The molecule has 0 radical (unpaired) electrons. The Morgan fingerprint density at radius 1 is 1.16 bits per heavy atom. The second-order valence-electron chi connectivity index (χ2n) is 3.33. The summed E-state index contributed by atoms with van der Waals surface area (Å²) in [5, 5.41) is 0.631. The van der Waals surface area contributed by atoms with Crippen molar-refractivity contribution in [3.8, 4) is 0 Å². The van der Waals surface area contributed by atoms with Crippen LogP contribution >= 0.6 is 11.8 Å². The summed E-state index contributed by atoms with van der Waals surface area (Å²) in [4.78, 5) is 10.7. The lowest BCUT2D eigenvalue weighted by Gasteiger charge is -2.09. The molecule has 2 aromatic rings. The van der Waals surface area contributed by atoms with E-state index in [0.29, 0.717) is 5.03 Å². The monoisotopic (exact) mass is 287 g/mol. The van der Waals surface area contributed by atoms with Crippen molar-refractivity contribution in [2.24, 2.45) is 5.84 Å². The Kier molecular flexibility index (Phi) is 3.86.